The molecule has 1 fully saturated rings. The highest BCUT2D eigenvalue weighted by molar-refractivity contribution is 9.10. The molecule has 3 rings (SSSR count). The summed E-state index contributed by atoms with van der Waals surface area (Å²) in [5.74, 6) is 0. The molecule has 7 heteroatoms. The van der Waals surface area contributed by atoms with Gasteiger partial charge in [-0.1, -0.05) is 13.0 Å². The highest BCUT2D eigenvalue weighted by atomic mass is 79.9. The topological polar surface area (TPSA) is 65.1 Å². The Bertz CT molecular complexity index is 724. The van der Waals surface area contributed by atoms with Crippen LogP contribution >= 0.6 is 15.9 Å². The zero-order chi connectivity index (χ0) is 16.2. The molecular formula is C16H20BrN5O. The molecule has 0 atom stereocenters. The number of pyridine rings is 1. The van der Waals surface area contributed by atoms with Gasteiger partial charge in [-0.3, -0.25) is 14.7 Å². The maximum Gasteiger partial charge on any atom is 0.280 e. The maximum absolute atomic E-state index is 11.6. The molecule has 1 aliphatic heterocycles. The Morgan fingerprint density at radius 3 is 2.83 bits per heavy atom. The van der Waals surface area contributed by atoms with Crippen molar-refractivity contribution in [1.82, 2.24) is 20.1 Å². The van der Waals surface area contributed by atoms with Gasteiger partial charge < -0.3 is 4.90 Å². The van der Waals surface area contributed by atoms with Crippen LogP contribution in [0.2, 0.25) is 0 Å². The van der Waals surface area contributed by atoms with Gasteiger partial charge in [0.1, 0.15) is 4.47 Å². The highest BCUT2D eigenvalue weighted by Crippen LogP contribution is 2.22. The van der Waals surface area contributed by atoms with Gasteiger partial charge in [0.05, 0.1) is 11.9 Å². The number of piperazine rings is 1. The van der Waals surface area contributed by atoms with Crippen molar-refractivity contribution in [2.45, 2.75) is 19.9 Å². The van der Waals surface area contributed by atoms with E-state index in [9.17, 15) is 4.79 Å². The van der Waals surface area contributed by atoms with E-state index < -0.39 is 0 Å². The second-order valence-corrected chi connectivity index (χ2v) is 6.42. The van der Waals surface area contributed by atoms with Gasteiger partial charge in [0.25, 0.3) is 5.56 Å². The standard InChI is InChI=1S/C16H20BrN5O/c1-2-13-12(4-3-5-18-13)11-21-6-8-22(9-7-21)14-10-19-20-16(23)15(14)17/h3-5,10H,2,6-9,11H2,1H3,(H,20,23). The molecule has 0 bridgehead atoms. The molecule has 0 aliphatic carbocycles. The number of H-pyrrole nitrogens is 1. The number of nitrogens with zero attached hydrogens (tertiary/aromatic N) is 4. The average Bonchev–Trinajstić information content (AvgIpc) is 2.59. The minimum atomic E-state index is -0.187. The molecule has 0 unspecified atom stereocenters. The molecule has 122 valence electrons. The van der Waals surface area contributed by atoms with E-state index in [4.69, 9.17) is 0 Å². The summed E-state index contributed by atoms with van der Waals surface area (Å²) in [7, 11) is 0. The summed E-state index contributed by atoms with van der Waals surface area (Å²) in [6.45, 7) is 6.74. The molecule has 0 aromatic carbocycles. The van der Waals surface area contributed by atoms with Gasteiger partial charge in [-0.2, -0.15) is 5.10 Å². The fourth-order valence-corrected chi connectivity index (χ4v) is 3.36. The molecule has 0 amide bonds. The number of anilines is 1. The molecule has 0 radical (unpaired) electrons. The maximum atomic E-state index is 11.6. The Morgan fingerprint density at radius 1 is 1.30 bits per heavy atom. The number of aryl methyl sites for hydroxylation is 1. The number of aromatic nitrogens is 3. The van der Waals surface area contributed by atoms with E-state index in [1.165, 1.54) is 11.3 Å². The lowest BCUT2D eigenvalue weighted by molar-refractivity contribution is 0.248. The van der Waals surface area contributed by atoms with Gasteiger partial charge >= 0.3 is 0 Å². The van der Waals surface area contributed by atoms with Crippen molar-refractivity contribution in [3.05, 3.63) is 50.6 Å². The quantitative estimate of drug-likeness (QED) is 0.879. The van der Waals surface area contributed by atoms with Crippen molar-refractivity contribution in [2.24, 2.45) is 0 Å². The van der Waals surface area contributed by atoms with Gasteiger partial charge in [-0.05, 0) is 34.0 Å². The van der Waals surface area contributed by atoms with Crippen LogP contribution in [0.1, 0.15) is 18.2 Å². The average molecular weight is 378 g/mol. The van der Waals surface area contributed by atoms with Crippen LogP contribution in [0.3, 0.4) is 0 Å². The van der Waals surface area contributed by atoms with E-state index in [0.29, 0.717) is 4.47 Å². The van der Waals surface area contributed by atoms with Gasteiger partial charge in [0.2, 0.25) is 0 Å². The van der Waals surface area contributed by atoms with Crippen molar-refractivity contribution in [3.8, 4) is 0 Å². The molecule has 1 aliphatic rings. The minimum absolute atomic E-state index is 0.187. The lowest BCUT2D eigenvalue weighted by Gasteiger charge is -2.36. The predicted molar refractivity (Wildman–Crippen MR) is 93.7 cm³/mol. The number of aromatic amines is 1. The number of hydrogen-bond donors (Lipinski definition) is 1. The Balaban J connectivity index is 1.64. The van der Waals surface area contributed by atoms with Crippen LogP contribution < -0.4 is 10.5 Å². The van der Waals surface area contributed by atoms with E-state index in [1.54, 1.807) is 6.20 Å². The molecule has 1 N–H and O–H groups in total. The number of rotatable bonds is 4. The summed E-state index contributed by atoms with van der Waals surface area (Å²) in [4.78, 5) is 20.7. The van der Waals surface area contributed by atoms with Crippen LogP contribution in [-0.4, -0.2) is 46.3 Å². The van der Waals surface area contributed by atoms with Crippen molar-refractivity contribution >= 4 is 21.6 Å². The van der Waals surface area contributed by atoms with Gasteiger partial charge in [0, 0.05) is 44.6 Å². The Morgan fingerprint density at radius 2 is 2.09 bits per heavy atom. The van der Waals surface area contributed by atoms with Crippen LogP contribution in [-0.2, 0) is 13.0 Å². The minimum Gasteiger partial charge on any atom is -0.367 e. The van der Waals surface area contributed by atoms with Crippen LogP contribution in [0.15, 0.2) is 33.8 Å². The predicted octanol–water partition coefficient (Wildman–Crippen LogP) is 1.81. The Labute approximate surface area is 143 Å². The second kappa shape index (κ2) is 7.23. The molecule has 2 aromatic rings. The van der Waals surface area contributed by atoms with Crippen molar-refractivity contribution in [2.75, 3.05) is 31.1 Å². The van der Waals surface area contributed by atoms with E-state index >= 15 is 0 Å². The second-order valence-electron chi connectivity index (χ2n) is 5.62. The van der Waals surface area contributed by atoms with Crippen LogP contribution in [0, 0.1) is 0 Å². The molecule has 0 spiro atoms. The summed E-state index contributed by atoms with van der Waals surface area (Å²) in [6, 6.07) is 4.17. The Hall–Kier alpha value is -1.73. The van der Waals surface area contributed by atoms with E-state index in [2.05, 4.69) is 53.9 Å². The summed E-state index contributed by atoms with van der Waals surface area (Å²) in [5.41, 5.74) is 3.16. The van der Waals surface area contributed by atoms with Crippen molar-refractivity contribution in [3.63, 3.8) is 0 Å². The highest BCUT2D eigenvalue weighted by Gasteiger charge is 2.20. The summed E-state index contributed by atoms with van der Waals surface area (Å²) >= 11 is 3.36. The van der Waals surface area contributed by atoms with Gasteiger partial charge in [0.15, 0.2) is 0 Å². The summed E-state index contributed by atoms with van der Waals surface area (Å²) in [6.07, 6.45) is 4.52. The van der Waals surface area contributed by atoms with Crippen LogP contribution in [0.5, 0.6) is 0 Å². The molecule has 23 heavy (non-hydrogen) atoms. The fraction of sp³-hybridized carbons (Fsp3) is 0.438. The van der Waals surface area contributed by atoms with Gasteiger partial charge in [-0.15, -0.1) is 0 Å². The smallest absolute Gasteiger partial charge is 0.280 e. The molecule has 2 aromatic heterocycles. The number of nitrogens with one attached hydrogen (secondary N) is 1. The molecule has 6 nitrogen and oxygen atoms in total. The number of hydrogen-bond acceptors (Lipinski definition) is 5. The largest absolute Gasteiger partial charge is 0.367 e. The zero-order valence-electron chi connectivity index (χ0n) is 13.1. The first kappa shape index (κ1) is 16.1. The van der Waals surface area contributed by atoms with Crippen LogP contribution in [0.4, 0.5) is 5.69 Å². The normalized spacial score (nSPS) is 15.8. The number of halogens is 1. The lowest BCUT2D eigenvalue weighted by Crippen LogP contribution is -2.46. The SMILES string of the molecule is CCc1ncccc1CN1CCN(c2cn[nH]c(=O)c2Br)CC1. The first-order chi connectivity index (χ1) is 11.2. The third-order valence-corrected chi connectivity index (χ3v) is 4.97. The first-order valence-corrected chi connectivity index (χ1v) is 8.61. The summed E-state index contributed by atoms with van der Waals surface area (Å²) < 4.78 is 0.557. The van der Waals surface area contributed by atoms with E-state index in [1.807, 2.05) is 12.3 Å². The van der Waals surface area contributed by atoms with E-state index in [0.717, 1.165) is 44.8 Å². The van der Waals surface area contributed by atoms with Crippen molar-refractivity contribution < 1.29 is 0 Å². The lowest BCUT2D eigenvalue weighted by atomic mass is 10.1. The Kier molecular flexibility index (Phi) is 5.07. The third kappa shape index (κ3) is 3.61. The molecule has 1 saturated heterocycles. The van der Waals surface area contributed by atoms with Gasteiger partial charge in [-0.25, -0.2) is 5.10 Å². The third-order valence-electron chi connectivity index (χ3n) is 4.20. The van der Waals surface area contributed by atoms with Crippen molar-refractivity contribution in [1.29, 1.82) is 0 Å². The summed E-state index contributed by atoms with van der Waals surface area (Å²) in [5, 5.41) is 6.34. The van der Waals surface area contributed by atoms with Crippen LogP contribution in [0.25, 0.3) is 0 Å². The first-order valence-electron chi connectivity index (χ1n) is 7.82. The molecule has 3 heterocycles. The molecular weight excluding hydrogens is 358 g/mol. The fourth-order valence-electron chi connectivity index (χ4n) is 2.92. The molecule has 0 saturated carbocycles. The monoisotopic (exact) mass is 377 g/mol. The van der Waals surface area contributed by atoms with E-state index in [-0.39, 0.29) is 5.56 Å². The zero-order valence-corrected chi connectivity index (χ0v) is 14.7.